The third kappa shape index (κ3) is 2.55. The van der Waals surface area contributed by atoms with Crippen molar-refractivity contribution < 1.29 is 4.79 Å². The average molecular weight is 194 g/mol. The summed E-state index contributed by atoms with van der Waals surface area (Å²) in [6.45, 7) is 3.61. The van der Waals surface area contributed by atoms with E-state index in [0.717, 1.165) is 5.56 Å². The van der Waals surface area contributed by atoms with Crippen molar-refractivity contribution >= 4 is 23.4 Å². The van der Waals surface area contributed by atoms with Gasteiger partial charge >= 0.3 is 0 Å². The molecule has 0 fully saturated rings. The van der Waals surface area contributed by atoms with Crippen LogP contribution >= 0.6 is 11.6 Å². The molecule has 3 heteroatoms. The second-order valence-electron chi connectivity index (χ2n) is 2.47. The Morgan fingerprint density at radius 2 is 2.38 bits per heavy atom. The van der Waals surface area contributed by atoms with Gasteiger partial charge in [-0.3, -0.25) is 0 Å². The largest absolute Gasteiger partial charge is 0.240 e. The number of halogens is 1. The zero-order chi connectivity index (χ0) is 9.68. The molecule has 66 valence electrons. The van der Waals surface area contributed by atoms with Gasteiger partial charge < -0.3 is 0 Å². The fourth-order valence-corrected chi connectivity index (χ4v) is 1.23. The molecule has 2 nitrogen and oxygen atoms in total. The standard InChI is InChI=1S/C10H8ClNO/c1-2-3-8-4-5-9(12-7-13)6-10(8)11/h2,4-6H,1,3H2. The molecule has 0 bridgehead atoms. The van der Waals surface area contributed by atoms with Crippen LogP contribution in [0.15, 0.2) is 35.8 Å². The zero-order valence-electron chi connectivity index (χ0n) is 6.96. The average Bonchev–Trinajstić information content (AvgIpc) is 2.10. The summed E-state index contributed by atoms with van der Waals surface area (Å²) in [5.74, 6) is 0. The smallest absolute Gasteiger partial charge is 0.211 e. The Kier molecular flexibility index (Phi) is 3.44. The van der Waals surface area contributed by atoms with Crippen molar-refractivity contribution in [3.05, 3.63) is 41.4 Å². The molecule has 0 radical (unpaired) electrons. The molecule has 1 rings (SSSR count). The van der Waals surface area contributed by atoms with E-state index in [2.05, 4.69) is 11.6 Å². The first-order valence-electron chi connectivity index (χ1n) is 3.75. The molecule has 0 aliphatic carbocycles. The van der Waals surface area contributed by atoms with Gasteiger partial charge in [-0.25, -0.2) is 4.79 Å². The third-order valence-corrected chi connectivity index (χ3v) is 1.93. The molecule has 0 heterocycles. The maximum Gasteiger partial charge on any atom is 0.240 e. The molecule has 0 aromatic heterocycles. The molecule has 0 aliphatic rings. The lowest BCUT2D eigenvalue weighted by Gasteiger charge is -2.00. The Bertz CT molecular complexity index is 367. The van der Waals surface area contributed by atoms with E-state index in [1.54, 1.807) is 18.2 Å². The lowest BCUT2D eigenvalue weighted by molar-refractivity contribution is 0.565. The van der Waals surface area contributed by atoms with Crippen LogP contribution in [0, 0.1) is 0 Å². The summed E-state index contributed by atoms with van der Waals surface area (Å²) in [4.78, 5) is 13.4. The van der Waals surface area contributed by atoms with Crippen LogP contribution in [0.3, 0.4) is 0 Å². The van der Waals surface area contributed by atoms with E-state index in [1.165, 1.54) is 6.08 Å². The Labute approximate surface area is 81.6 Å². The van der Waals surface area contributed by atoms with Gasteiger partial charge in [0, 0.05) is 5.02 Å². The fraction of sp³-hybridized carbons (Fsp3) is 0.100. The molecule has 0 unspecified atom stereocenters. The third-order valence-electron chi connectivity index (χ3n) is 1.58. The van der Waals surface area contributed by atoms with E-state index in [-0.39, 0.29) is 0 Å². The van der Waals surface area contributed by atoms with Crippen LogP contribution in [0.25, 0.3) is 0 Å². The van der Waals surface area contributed by atoms with Crippen molar-refractivity contribution in [3.63, 3.8) is 0 Å². The maximum atomic E-state index is 9.95. The minimum absolute atomic E-state index is 0.521. The van der Waals surface area contributed by atoms with Crippen LogP contribution in [0.1, 0.15) is 5.56 Å². The molecule has 0 spiro atoms. The number of isocyanates is 1. The second-order valence-corrected chi connectivity index (χ2v) is 2.88. The predicted molar refractivity (Wildman–Crippen MR) is 53.1 cm³/mol. The lowest BCUT2D eigenvalue weighted by Crippen LogP contribution is -1.81. The molecule has 0 saturated carbocycles. The van der Waals surface area contributed by atoms with E-state index >= 15 is 0 Å². The summed E-state index contributed by atoms with van der Waals surface area (Å²) in [6, 6.07) is 5.17. The van der Waals surface area contributed by atoms with Crippen LogP contribution in [0.5, 0.6) is 0 Å². The van der Waals surface area contributed by atoms with E-state index in [9.17, 15) is 4.79 Å². The molecule has 0 amide bonds. The minimum Gasteiger partial charge on any atom is -0.211 e. The number of benzene rings is 1. The van der Waals surface area contributed by atoms with Crippen molar-refractivity contribution in [2.75, 3.05) is 0 Å². The van der Waals surface area contributed by atoms with Gasteiger partial charge in [0.25, 0.3) is 0 Å². The summed E-state index contributed by atoms with van der Waals surface area (Å²) >= 11 is 5.91. The number of hydrogen-bond acceptors (Lipinski definition) is 2. The first-order chi connectivity index (χ1) is 6.27. The SMILES string of the molecule is C=CCc1ccc(N=C=O)cc1Cl. The molecule has 0 N–H and O–H groups in total. The molecule has 0 saturated heterocycles. The Balaban J connectivity index is 3.04. The maximum absolute atomic E-state index is 9.95. The van der Waals surface area contributed by atoms with Crippen LogP contribution in [-0.2, 0) is 11.2 Å². The second kappa shape index (κ2) is 4.61. The van der Waals surface area contributed by atoms with Crippen LogP contribution in [0.4, 0.5) is 5.69 Å². The predicted octanol–water partition coefficient (Wildman–Crippen LogP) is 3.04. The number of allylic oxidation sites excluding steroid dienone is 1. The van der Waals surface area contributed by atoms with Gasteiger partial charge in [-0.05, 0) is 24.1 Å². The molecule has 1 aromatic rings. The highest BCUT2D eigenvalue weighted by Crippen LogP contribution is 2.22. The first kappa shape index (κ1) is 9.72. The van der Waals surface area contributed by atoms with Gasteiger partial charge in [0.15, 0.2) is 0 Å². The molecule has 0 aliphatic heterocycles. The van der Waals surface area contributed by atoms with E-state index in [0.29, 0.717) is 17.1 Å². The summed E-state index contributed by atoms with van der Waals surface area (Å²) in [5, 5.41) is 0.594. The minimum atomic E-state index is 0.521. The summed E-state index contributed by atoms with van der Waals surface area (Å²) in [7, 11) is 0. The van der Waals surface area contributed by atoms with Gasteiger partial charge in [-0.15, -0.1) is 6.58 Å². The van der Waals surface area contributed by atoms with Crippen molar-refractivity contribution in [1.29, 1.82) is 0 Å². The molecular weight excluding hydrogens is 186 g/mol. The van der Waals surface area contributed by atoms with Gasteiger partial charge in [-0.1, -0.05) is 23.7 Å². The van der Waals surface area contributed by atoms with Crippen molar-refractivity contribution in [2.24, 2.45) is 4.99 Å². The number of nitrogens with zero attached hydrogens (tertiary/aromatic N) is 1. The van der Waals surface area contributed by atoms with Crippen molar-refractivity contribution in [2.45, 2.75) is 6.42 Å². The van der Waals surface area contributed by atoms with E-state index < -0.39 is 0 Å². The number of hydrogen-bond donors (Lipinski definition) is 0. The Morgan fingerprint density at radius 1 is 1.62 bits per heavy atom. The molecule has 13 heavy (non-hydrogen) atoms. The van der Waals surface area contributed by atoms with E-state index in [1.807, 2.05) is 6.07 Å². The summed E-state index contributed by atoms with van der Waals surface area (Å²) in [6.07, 6.45) is 3.94. The fourth-order valence-electron chi connectivity index (χ4n) is 0.980. The normalized spacial score (nSPS) is 9.00. The first-order valence-corrected chi connectivity index (χ1v) is 4.13. The van der Waals surface area contributed by atoms with E-state index in [4.69, 9.17) is 11.6 Å². The summed E-state index contributed by atoms with van der Waals surface area (Å²) in [5.41, 5.74) is 1.49. The number of carbonyl (C=O) groups excluding carboxylic acids is 1. The highest BCUT2D eigenvalue weighted by Gasteiger charge is 1.98. The topological polar surface area (TPSA) is 29.4 Å². The van der Waals surface area contributed by atoms with Crippen molar-refractivity contribution in [1.82, 2.24) is 0 Å². The molecule has 0 atom stereocenters. The molecular formula is C10H8ClNO. The van der Waals surface area contributed by atoms with Gasteiger partial charge in [0.2, 0.25) is 6.08 Å². The lowest BCUT2D eigenvalue weighted by atomic mass is 10.1. The van der Waals surface area contributed by atoms with Crippen LogP contribution in [0.2, 0.25) is 5.02 Å². The van der Waals surface area contributed by atoms with Crippen LogP contribution in [-0.4, -0.2) is 6.08 Å². The van der Waals surface area contributed by atoms with Gasteiger partial charge in [-0.2, -0.15) is 4.99 Å². The highest BCUT2D eigenvalue weighted by atomic mass is 35.5. The van der Waals surface area contributed by atoms with Gasteiger partial charge in [0.1, 0.15) is 0 Å². The Morgan fingerprint density at radius 3 is 2.92 bits per heavy atom. The quantitative estimate of drug-likeness (QED) is 0.412. The summed E-state index contributed by atoms with van der Waals surface area (Å²) < 4.78 is 0. The van der Waals surface area contributed by atoms with Gasteiger partial charge in [0.05, 0.1) is 5.69 Å². The highest BCUT2D eigenvalue weighted by molar-refractivity contribution is 6.31. The zero-order valence-corrected chi connectivity index (χ0v) is 7.71. The monoisotopic (exact) mass is 193 g/mol. The Hall–Kier alpha value is -1.37. The van der Waals surface area contributed by atoms with Crippen LogP contribution < -0.4 is 0 Å². The number of aliphatic imine (C=N–C) groups is 1. The molecule has 1 aromatic carbocycles. The number of rotatable bonds is 3. The van der Waals surface area contributed by atoms with Crippen molar-refractivity contribution in [3.8, 4) is 0 Å².